The van der Waals surface area contributed by atoms with E-state index in [0.29, 0.717) is 25.9 Å². The highest BCUT2D eigenvalue weighted by Crippen LogP contribution is 2.30. The molecule has 2 aromatic carbocycles. The van der Waals surface area contributed by atoms with Crippen molar-refractivity contribution >= 4 is 28.4 Å². The van der Waals surface area contributed by atoms with Crippen molar-refractivity contribution in [3.05, 3.63) is 73.9 Å². The molecule has 40 heavy (non-hydrogen) atoms. The monoisotopic (exact) mass is 552 g/mol. The molecule has 1 unspecified atom stereocenters. The maximum Gasteiger partial charge on any atom is 0.331 e. The summed E-state index contributed by atoms with van der Waals surface area (Å²) in [7, 11) is 0. The number of hydrogen-bond acceptors (Lipinski definition) is 4. The van der Waals surface area contributed by atoms with Crippen LogP contribution in [0.25, 0.3) is 10.9 Å². The van der Waals surface area contributed by atoms with Crippen LogP contribution in [0.3, 0.4) is 0 Å². The number of benzene rings is 2. The second kappa shape index (κ2) is 11.0. The average molecular weight is 553 g/mol. The zero-order valence-electron chi connectivity index (χ0n) is 23.0. The number of carbonyl (C=O) groups excluding carboxylic acids is 2. The number of ketones is 1. The van der Waals surface area contributed by atoms with Crippen LogP contribution < -0.4 is 16.6 Å². The number of halogens is 2. The third-order valence-electron chi connectivity index (χ3n) is 7.86. The summed E-state index contributed by atoms with van der Waals surface area (Å²) < 4.78 is 32.1. The van der Waals surface area contributed by atoms with Gasteiger partial charge in [0.05, 0.1) is 22.2 Å². The van der Waals surface area contributed by atoms with Crippen LogP contribution in [-0.2, 0) is 6.54 Å². The summed E-state index contributed by atoms with van der Waals surface area (Å²) in [4.78, 5) is 53.9. The number of nitrogens with one attached hydrogen (secondary N) is 1. The minimum absolute atomic E-state index is 0.0482. The molecule has 2 amide bonds. The molecule has 8 nitrogen and oxygen atoms in total. The van der Waals surface area contributed by atoms with Crippen LogP contribution in [0.2, 0.25) is 0 Å². The van der Waals surface area contributed by atoms with Crippen LogP contribution in [0.15, 0.2) is 39.9 Å². The van der Waals surface area contributed by atoms with Crippen molar-refractivity contribution in [1.29, 1.82) is 0 Å². The van der Waals surface area contributed by atoms with Gasteiger partial charge in [-0.1, -0.05) is 11.6 Å². The molecule has 1 N–H and O–H groups in total. The molecule has 1 atom stereocenters. The number of nitrogens with zero attached hydrogens (tertiary/aromatic N) is 3. The Hall–Kier alpha value is -3.82. The first-order valence-electron chi connectivity index (χ1n) is 13.9. The number of likely N-dealkylation sites (tertiary alicyclic amines) is 1. The number of aromatic nitrogens is 2. The van der Waals surface area contributed by atoms with Gasteiger partial charge in [0, 0.05) is 38.2 Å². The topological polar surface area (TPSA) is 93.4 Å². The number of rotatable bonds is 7. The molecule has 2 fully saturated rings. The van der Waals surface area contributed by atoms with Gasteiger partial charge in [0.15, 0.2) is 5.78 Å². The first kappa shape index (κ1) is 27.7. The molecule has 0 radical (unpaired) electrons. The van der Waals surface area contributed by atoms with Gasteiger partial charge in [-0.25, -0.2) is 18.4 Å². The van der Waals surface area contributed by atoms with Crippen molar-refractivity contribution < 1.29 is 18.4 Å². The molecule has 0 bridgehead atoms. The summed E-state index contributed by atoms with van der Waals surface area (Å²) in [6.07, 6.45) is 3.37. The SMILES string of the molecule is Cc1ccc(F)c(C(=O)CC2CCCN(C(=O)Nc3cc4c(=O)n(CC5CC5)c(=O)n(C(C)C)c4cc3F)C2)c1. The van der Waals surface area contributed by atoms with E-state index in [9.17, 15) is 23.6 Å². The van der Waals surface area contributed by atoms with Gasteiger partial charge in [-0.3, -0.25) is 18.7 Å². The first-order chi connectivity index (χ1) is 19.0. The fourth-order valence-corrected chi connectivity index (χ4v) is 5.55. The molecule has 2 heterocycles. The Morgan fingerprint density at radius 3 is 2.48 bits per heavy atom. The van der Waals surface area contributed by atoms with E-state index < -0.39 is 28.9 Å². The molecule has 1 aromatic heterocycles. The first-order valence-corrected chi connectivity index (χ1v) is 13.9. The summed E-state index contributed by atoms with van der Waals surface area (Å²) in [6, 6.07) is 6.00. The lowest BCUT2D eigenvalue weighted by Gasteiger charge is -2.32. The number of anilines is 1. The third-order valence-corrected chi connectivity index (χ3v) is 7.86. The Morgan fingerprint density at radius 2 is 1.77 bits per heavy atom. The highest BCUT2D eigenvalue weighted by atomic mass is 19.1. The van der Waals surface area contributed by atoms with Crippen LogP contribution in [0.1, 0.15) is 67.9 Å². The number of piperidine rings is 1. The van der Waals surface area contributed by atoms with Crippen LogP contribution in [0, 0.1) is 30.4 Å². The van der Waals surface area contributed by atoms with Gasteiger partial charge >= 0.3 is 11.7 Å². The molecular weight excluding hydrogens is 518 g/mol. The van der Waals surface area contributed by atoms with Crippen molar-refractivity contribution in [1.82, 2.24) is 14.0 Å². The summed E-state index contributed by atoms with van der Waals surface area (Å²) in [5.74, 6) is -1.51. The molecule has 2 aliphatic rings. The van der Waals surface area contributed by atoms with Crippen molar-refractivity contribution in [3.63, 3.8) is 0 Å². The van der Waals surface area contributed by atoms with E-state index in [1.165, 1.54) is 32.2 Å². The van der Waals surface area contributed by atoms with E-state index in [1.807, 2.05) is 0 Å². The molecule has 5 rings (SSSR count). The number of hydrogen-bond donors (Lipinski definition) is 1. The second-order valence-electron chi connectivity index (χ2n) is 11.4. The van der Waals surface area contributed by atoms with Gasteiger partial charge in [-0.15, -0.1) is 0 Å². The van der Waals surface area contributed by atoms with E-state index in [1.54, 1.807) is 26.8 Å². The van der Waals surface area contributed by atoms with Gasteiger partial charge in [-0.05, 0) is 76.5 Å². The van der Waals surface area contributed by atoms with E-state index in [2.05, 4.69) is 5.32 Å². The standard InChI is InChI=1S/C30H34F2N4O4/c1-17(2)36-26-14-24(32)25(13-22(26)28(38)35(30(36)40)16-19-7-8-19)33-29(39)34-10-4-5-20(15-34)12-27(37)21-11-18(3)6-9-23(21)31/h6,9,11,13-14,17,19-20H,4-5,7-8,10,12,15-16H2,1-3H3,(H,33,39). The van der Waals surface area contributed by atoms with E-state index in [0.717, 1.165) is 24.5 Å². The highest BCUT2D eigenvalue weighted by molar-refractivity contribution is 5.97. The average Bonchev–Trinajstić information content (AvgIpc) is 3.73. The highest BCUT2D eigenvalue weighted by Gasteiger charge is 2.28. The maximum atomic E-state index is 15.2. The van der Waals surface area contributed by atoms with Crippen LogP contribution in [-0.4, -0.2) is 38.9 Å². The van der Waals surface area contributed by atoms with Gasteiger partial charge in [0.2, 0.25) is 0 Å². The van der Waals surface area contributed by atoms with Gasteiger partial charge in [0.1, 0.15) is 11.6 Å². The molecule has 212 valence electrons. The van der Waals surface area contributed by atoms with Crippen molar-refractivity contribution in [2.45, 2.75) is 65.5 Å². The molecule has 0 spiro atoms. The molecule has 3 aromatic rings. The Balaban J connectivity index is 1.36. The Bertz CT molecular complexity index is 1610. The zero-order chi connectivity index (χ0) is 28.7. The molecule has 10 heteroatoms. The Kier molecular flexibility index (Phi) is 7.61. The minimum Gasteiger partial charge on any atom is -0.324 e. The van der Waals surface area contributed by atoms with Gasteiger partial charge in [0.25, 0.3) is 5.56 Å². The normalized spacial score (nSPS) is 17.4. The van der Waals surface area contributed by atoms with Crippen LogP contribution >= 0.6 is 0 Å². The predicted octanol–water partition coefficient (Wildman–Crippen LogP) is 5.26. The maximum absolute atomic E-state index is 15.2. The quantitative estimate of drug-likeness (QED) is 0.405. The smallest absolute Gasteiger partial charge is 0.324 e. The molecule has 1 aliphatic carbocycles. The van der Waals surface area contributed by atoms with Gasteiger partial charge in [-0.2, -0.15) is 0 Å². The number of aryl methyl sites for hydroxylation is 1. The number of fused-ring (bicyclic) bond motifs is 1. The number of Topliss-reactive ketones (excluding diaryl/α,β-unsaturated/α-hetero) is 1. The second-order valence-corrected chi connectivity index (χ2v) is 11.4. The van der Waals surface area contributed by atoms with E-state index in [4.69, 9.17) is 0 Å². The van der Waals surface area contributed by atoms with Crippen molar-refractivity contribution in [2.24, 2.45) is 11.8 Å². The molecular formula is C30H34F2N4O4. The number of urea groups is 1. The Morgan fingerprint density at radius 1 is 1.02 bits per heavy atom. The summed E-state index contributed by atoms with van der Waals surface area (Å²) in [6.45, 7) is 6.39. The molecule has 1 saturated heterocycles. The van der Waals surface area contributed by atoms with E-state index in [-0.39, 0.29) is 58.8 Å². The number of amides is 2. The molecule has 1 aliphatic heterocycles. The molecule has 1 saturated carbocycles. The number of carbonyl (C=O) groups is 2. The fraction of sp³-hybridized carbons (Fsp3) is 0.467. The third kappa shape index (κ3) is 5.57. The lowest BCUT2D eigenvalue weighted by atomic mass is 9.90. The fourth-order valence-electron chi connectivity index (χ4n) is 5.55. The summed E-state index contributed by atoms with van der Waals surface area (Å²) in [5.41, 5.74) is -0.0909. The minimum atomic E-state index is -0.757. The van der Waals surface area contributed by atoms with Crippen molar-refractivity contribution in [3.8, 4) is 0 Å². The lowest BCUT2D eigenvalue weighted by Crippen LogP contribution is -2.43. The largest absolute Gasteiger partial charge is 0.331 e. The lowest BCUT2D eigenvalue weighted by molar-refractivity contribution is 0.0927. The van der Waals surface area contributed by atoms with Crippen LogP contribution in [0.5, 0.6) is 0 Å². The summed E-state index contributed by atoms with van der Waals surface area (Å²) >= 11 is 0. The summed E-state index contributed by atoms with van der Waals surface area (Å²) in [5, 5.41) is 2.75. The van der Waals surface area contributed by atoms with Crippen molar-refractivity contribution in [2.75, 3.05) is 18.4 Å². The van der Waals surface area contributed by atoms with E-state index >= 15 is 4.39 Å². The van der Waals surface area contributed by atoms with Gasteiger partial charge < -0.3 is 10.2 Å². The van der Waals surface area contributed by atoms with Crippen LogP contribution in [0.4, 0.5) is 19.3 Å². The predicted molar refractivity (Wildman–Crippen MR) is 149 cm³/mol. The zero-order valence-corrected chi connectivity index (χ0v) is 23.0. The Labute approximate surface area is 230 Å².